The molecular formula is C10H7Cl2N3O2S. The molecule has 18 heavy (non-hydrogen) atoms. The number of hydrogen-bond donors (Lipinski definition) is 1. The zero-order valence-corrected chi connectivity index (χ0v) is 11.2. The molecule has 0 saturated carbocycles. The van der Waals surface area contributed by atoms with E-state index in [1.807, 2.05) is 0 Å². The van der Waals surface area contributed by atoms with Gasteiger partial charge in [-0.2, -0.15) is 0 Å². The number of rotatable bonds is 3. The average molecular weight is 304 g/mol. The largest absolute Gasteiger partial charge is 0.276 e. The number of halogens is 2. The summed E-state index contributed by atoms with van der Waals surface area (Å²) >= 11 is 11.4. The average Bonchev–Trinajstić information content (AvgIpc) is 2.32. The molecule has 2 aromatic rings. The third-order valence-corrected chi connectivity index (χ3v) is 3.93. The lowest BCUT2D eigenvalue weighted by atomic mass is 10.4. The Morgan fingerprint density at radius 3 is 2.50 bits per heavy atom. The number of hydrogen-bond acceptors (Lipinski definition) is 4. The highest BCUT2D eigenvalue weighted by Gasteiger charge is 2.16. The van der Waals surface area contributed by atoms with Crippen LogP contribution in [0.15, 0.2) is 41.7 Å². The van der Waals surface area contributed by atoms with Gasteiger partial charge in [0, 0.05) is 12.4 Å². The highest BCUT2D eigenvalue weighted by Crippen LogP contribution is 2.22. The molecular weight excluding hydrogens is 297 g/mol. The molecule has 0 aliphatic carbocycles. The van der Waals surface area contributed by atoms with Gasteiger partial charge in [0.15, 0.2) is 0 Å². The first-order valence-corrected chi connectivity index (χ1v) is 6.97. The fourth-order valence-corrected chi connectivity index (χ4v) is 2.51. The summed E-state index contributed by atoms with van der Waals surface area (Å²) in [6.45, 7) is 0. The first-order chi connectivity index (χ1) is 8.49. The first kappa shape index (κ1) is 13.1. The number of anilines is 1. The van der Waals surface area contributed by atoms with Gasteiger partial charge >= 0.3 is 0 Å². The van der Waals surface area contributed by atoms with Gasteiger partial charge in [0.05, 0.1) is 16.9 Å². The number of sulfonamides is 1. The van der Waals surface area contributed by atoms with E-state index in [9.17, 15) is 8.42 Å². The summed E-state index contributed by atoms with van der Waals surface area (Å²) in [5.41, 5.74) is 0.203. The molecule has 0 bridgehead atoms. The second kappa shape index (κ2) is 5.09. The van der Waals surface area contributed by atoms with Gasteiger partial charge in [-0.3, -0.25) is 9.71 Å². The molecule has 94 valence electrons. The van der Waals surface area contributed by atoms with Crippen LogP contribution >= 0.6 is 23.2 Å². The van der Waals surface area contributed by atoms with Crippen LogP contribution < -0.4 is 4.72 Å². The summed E-state index contributed by atoms with van der Waals surface area (Å²) in [5, 5.41) is 0.476. The maximum Gasteiger partial charge on any atom is 0.263 e. The van der Waals surface area contributed by atoms with Gasteiger partial charge in [-0.05, 0) is 18.2 Å². The lowest BCUT2D eigenvalue weighted by Gasteiger charge is -2.08. The van der Waals surface area contributed by atoms with Crippen LogP contribution in [0, 0.1) is 0 Å². The smallest absolute Gasteiger partial charge is 0.263 e. The van der Waals surface area contributed by atoms with Crippen molar-refractivity contribution in [2.45, 2.75) is 4.90 Å². The number of nitrogens with zero attached hydrogens (tertiary/aromatic N) is 2. The SMILES string of the molecule is O=S(=O)(Nc1cnccc1Cl)c1ccc(Cl)nc1. The molecule has 0 amide bonds. The van der Waals surface area contributed by atoms with Crippen molar-refractivity contribution in [1.29, 1.82) is 0 Å². The van der Waals surface area contributed by atoms with Gasteiger partial charge in [-0.1, -0.05) is 23.2 Å². The normalized spacial score (nSPS) is 11.2. The molecule has 2 aromatic heterocycles. The van der Waals surface area contributed by atoms with Crippen molar-refractivity contribution in [1.82, 2.24) is 9.97 Å². The Bertz CT molecular complexity index is 659. The van der Waals surface area contributed by atoms with E-state index in [0.717, 1.165) is 6.20 Å². The second-order valence-electron chi connectivity index (χ2n) is 3.28. The van der Waals surface area contributed by atoms with Crippen LogP contribution in [0.3, 0.4) is 0 Å². The molecule has 0 aliphatic rings. The maximum atomic E-state index is 12.0. The molecule has 0 aliphatic heterocycles. The van der Waals surface area contributed by atoms with Crippen LogP contribution in [-0.2, 0) is 10.0 Å². The van der Waals surface area contributed by atoms with E-state index >= 15 is 0 Å². The van der Waals surface area contributed by atoms with Crippen LogP contribution in [0.2, 0.25) is 10.2 Å². The van der Waals surface area contributed by atoms with E-state index < -0.39 is 10.0 Å². The Morgan fingerprint density at radius 1 is 1.11 bits per heavy atom. The van der Waals surface area contributed by atoms with Gasteiger partial charge in [-0.25, -0.2) is 13.4 Å². The molecule has 5 nitrogen and oxygen atoms in total. The first-order valence-electron chi connectivity index (χ1n) is 4.73. The van der Waals surface area contributed by atoms with E-state index in [2.05, 4.69) is 14.7 Å². The Labute approximate surface area is 114 Å². The lowest BCUT2D eigenvalue weighted by molar-refractivity contribution is 0.601. The third kappa shape index (κ3) is 2.90. The number of aromatic nitrogens is 2. The van der Waals surface area contributed by atoms with Crippen molar-refractivity contribution < 1.29 is 8.42 Å². The molecule has 8 heteroatoms. The molecule has 0 radical (unpaired) electrons. The lowest BCUT2D eigenvalue weighted by Crippen LogP contribution is -2.13. The van der Waals surface area contributed by atoms with Crippen LogP contribution in [0.4, 0.5) is 5.69 Å². The Morgan fingerprint density at radius 2 is 1.89 bits per heavy atom. The van der Waals surface area contributed by atoms with Gasteiger partial charge < -0.3 is 0 Å². The third-order valence-electron chi connectivity index (χ3n) is 2.02. The Hall–Kier alpha value is -1.37. The second-order valence-corrected chi connectivity index (χ2v) is 5.75. The van der Waals surface area contributed by atoms with Crippen molar-refractivity contribution in [2.75, 3.05) is 4.72 Å². The molecule has 0 atom stereocenters. The maximum absolute atomic E-state index is 12.0. The van der Waals surface area contributed by atoms with Crippen LogP contribution in [-0.4, -0.2) is 18.4 Å². The van der Waals surface area contributed by atoms with Crippen LogP contribution in [0.5, 0.6) is 0 Å². The van der Waals surface area contributed by atoms with Gasteiger partial charge in [-0.15, -0.1) is 0 Å². The predicted octanol–water partition coefficient (Wildman–Crippen LogP) is 2.58. The summed E-state index contributed by atoms with van der Waals surface area (Å²) in [4.78, 5) is 7.49. The highest BCUT2D eigenvalue weighted by molar-refractivity contribution is 7.92. The summed E-state index contributed by atoms with van der Waals surface area (Å²) in [6.07, 6.45) is 3.95. The summed E-state index contributed by atoms with van der Waals surface area (Å²) < 4.78 is 26.3. The van der Waals surface area contributed by atoms with Crippen LogP contribution in [0.1, 0.15) is 0 Å². The topological polar surface area (TPSA) is 72.0 Å². The molecule has 2 heterocycles. The van der Waals surface area contributed by atoms with E-state index in [0.29, 0.717) is 0 Å². The van der Waals surface area contributed by atoms with Gasteiger partial charge in [0.1, 0.15) is 10.0 Å². The summed E-state index contributed by atoms with van der Waals surface area (Å²) in [5.74, 6) is 0. The van der Waals surface area contributed by atoms with Crippen molar-refractivity contribution in [3.8, 4) is 0 Å². The van der Waals surface area contributed by atoms with Crippen LogP contribution in [0.25, 0.3) is 0 Å². The molecule has 1 N–H and O–H groups in total. The predicted molar refractivity (Wildman–Crippen MR) is 69.3 cm³/mol. The molecule has 0 fully saturated rings. The molecule has 0 aromatic carbocycles. The Balaban J connectivity index is 2.33. The minimum atomic E-state index is -3.75. The molecule has 0 spiro atoms. The number of pyridine rings is 2. The molecule has 0 saturated heterocycles. The quantitative estimate of drug-likeness (QED) is 0.885. The Kier molecular flexibility index (Phi) is 3.70. The van der Waals surface area contributed by atoms with Crippen molar-refractivity contribution in [3.05, 3.63) is 47.0 Å². The fraction of sp³-hybridized carbons (Fsp3) is 0. The van der Waals surface area contributed by atoms with E-state index in [-0.39, 0.29) is 20.8 Å². The monoisotopic (exact) mass is 303 g/mol. The van der Waals surface area contributed by atoms with E-state index in [1.165, 1.54) is 30.6 Å². The minimum absolute atomic E-state index is 0.00757. The van der Waals surface area contributed by atoms with Crippen molar-refractivity contribution in [2.24, 2.45) is 0 Å². The molecule has 2 rings (SSSR count). The van der Waals surface area contributed by atoms with Crippen molar-refractivity contribution in [3.63, 3.8) is 0 Å². The highest BCUT2D eigenvalue weighted by atomic mass is 35.5. The fourth-order valence-electron chi connectivity index (χ4n) is 1.18. The molecule has 0 unspecified atom stereocenters. The van der Waals surface area contributed by atoms with Gasteiger partial charge in [0.25, 0.3) is 10.0 Å². The summed E-state index contributed by atoms with van der Waals surface area (Å²) in [6, 6.07) is 4.22. The number of nitrogens with one attached hydrogen (secondary N) is 1. The summed E-state index contributed by atoms with van der Waals surface area (Å²) in [7, 11) is -3.75. The van der Waals surface area contributed by atoms with Crippen molar-refractivity contribution >= 4 is 38.9 Å². The minimum Gasteiger partial charge on any atom is -0.276 e. The zero-order valence-electron chi connectivity index (χ0n) is 8.84. The van der Waals surface area contributed by atoms with Gasteiger partial charge in [0.2, 0.25) is 0 Å². The van der Waals surface area contributed by atoms with E-state index in [1.54, 1.807) is 0 Å². The zero-order chi connectivity index (χ0) is 13.2. The van der Waals surface area contributed by atoms with E-state index in [4.69, 9.17) is 23.2 Å². The standard InChI is InChI=1S/C10H7Cl2N3O2S/c11-8-3-4-13-6-9(8)15-18(16,17)7-1-2-10(12)14-5-7/h1-6,15H.